The van der Waals surface area contributed by atoms with Crippen molar-refractivity contribution in [3.8, 4) is 0 Å². The van der Waals surface area contributed by atoms with E-state index in [9.17, 15) is 9.59 Å². The maximum atomic E-state index is 12.2. The van der Waals surface area contributed by atoms with E-state index in [1.807, 2.05) is 63.4 Å². The molecule has 0 aliphatic heterocycles. The standard InChI is InChI=1S/C20H22N4O2/c1-13-20(14(2)24(3)23-13)22-19(26)12-21-18(25)11-16-9-6-8-15-7-4-5-10-17(15)16/h4-10H,11-12H2,1-3H3,(H,21,25)(H,22,26). The molecule has 1 heterocycles. The number of hydrogen-bond acceptors (Lipinski definition) is 3. The number of anilines is 1. The highest BCUT2D eigenvalue weighted by Crippen LogP contribution is 2.19. The Kier molecular flexibility index (Phi) is 5.02. The van der Waals surface area contributed by atoms with Crippen molar-refractivity contribution in [2.75, 3.05) is 11.9 Å². The van der Waals surface area contributed by atoms with Crippen molar-refractivity contribution in [1.29, 1.82) is 0 Å². The van der Waals surface area contributed by atoms with Gasteiger partial charge in [-0.15, -0.1) is 0 Å². The molecule has 0 radical (unpaired) electrons. The first-order chi connectivity index (χ1) is 12.5. The van der Waals surface area contributed by atoms with Crippen molar-refractivity contribution in [2.24, 2.45) is 7.05 Å². The average molecular weight is 350 g/mol. The average Bonchev–Trinajstić information content (AvgIpc) is 2.86. The molecule has 0 atom stereocenters. The summed E-state index contributed by atoms with van der Waals surface area (Å²) in [6, 6.07) is 13.8. The van der Waals surface area contributed by atoms with E-state index in [1.165, 1.54) is 0 Å². The minimum absolute atomic E-state index is 0.0720. The molecule has 134 valence electrons. The summed E-state index contributed by atoms with van der Waals surface area (Å²) in [5.41, 5.74) is 3.26. The van der Waals surface area contributed by atoms with Crippen molar-refractivity contribution in [3.63, 3.8) is 0 Å². The van der Waals surface area contributed by atoms with Gasteiger partial charge in [0, 0.05) is 7.05 Å². The number of carbonyl (C=O) groups excluding carboxylic acids is 2. The zero-order valence-corrected chi connectivity index (χ0v) is 15.2. The molecular formula is C20H22N4O2. The fourth-order valence-corrected chi connectivity index (χ4v) is 3.00. The van der Waals surface area contributed by atoms with E-state index < -0.39 is 0 Å². The van der Waals surface area contributed by atoms with E-state index in [2.05, 4.69) is 15.7 Å². The Morgan fingerprint density at radius 1 is 1.04 bits per heavy atom. The van der Waals surface area contributed by atoms with E-state index in [0.29, 0.717) is 5.69 Å². The molecule has 3 aromatic rings. The molecule has 0 bridgehead atoms. The highest BCUT2D eigenvalue weighted by molar-refractivity contribution is 5.96. The monoisotopic (exact) mass is 350 g/mol. The summed E-state index contributed by atoms with van der Waals surface area (Å²) in [7, 11) is 1.82. The molecule has 0 spiro atoms. The van der Waals surface area contributed by atoms with E-state index in [4.69, 9.17) is 0 Å². The third kappa shape index (κ3) is 3.74. The maximum absolute atomic E-state index is 12.2. The van der Waals surface area contributed by atoms with E-state index >= 15 is 0 Å². The Bertz CT molecular complexity index is 970. The third-order valence-corrected chi connectivity index (χ3v) is 4.45. The van der Waals surface area contributed by atoms with Crippen molar-refractivity contribution in [1.82, 2.24) is 15.1 Å². The first-order valence-corrected chi connectivity index (χ1v) is 8.49. The normalized spacial score (nSPS) is 10.7. The van der Waals surface area contributed by atoms with Crippen LogP contribution in [0.2, 0.25) is 0 Å². The Balaban J connectivity index is 1.59. The second-order valence-corrected chi connectivity index (χ2v) is 6.31. The first kappa shape index (κ1) is 17.7. The summed E-state index contributed by atoms with van der Waals surface area (Å²) in [5, 5.41) is 11.9. The second kappa shape index (κ2) is 7.39. The van der Waals surface area contributed by atoms with Crippen LogP contribution in [0.3, 0.4) is 0 Å². The fraction of sp³-hybridized carbons (Fsp3) is 0.250. The lowest BCUT2D eigenvalue weighted by molar-refractivity contribution is -0.123. The van der Waals surface area contributed by atoms with E-state index in [-0.39, 0.29) is 24.8 Å². The van der Waals surface area contributed by atoms with E-state index in [1.54, 1.807) is 4.68 Å². The highest BCUT2D eigenvalue weighted by atomic mass is 16.2. The number of benzene rings is 2. The summed E-state index contributed by atoms with van der Waals surface area (Å²) < 4.78 is 1.71. The summed E-state index contributed by atoms with van der Waals surface area (Å²) in [6.07, 6.45) is 0.236. The van der Waals surface area contributed by atoms with E-state index in [0.717, 1.165) is 27.7 Å². The second-order valence-electron chi connectivity index (χ2n) is 6.31. The Labute approximate surface area is 152 Å². The van der Waals surface area contributed by atoms with Gasteiger partial charge in [0.2, 0.25) is 11.8 Å². The molecule has 2 N–H and O–H groups in total. The third-order valence-electron chi connectivity index (χ3n) is 4.45. The molecule has 0 saturated heterocycles. The van der Waals surface area contributed by atoms with Gasteiger partial charge in [-0.05, 0) is 30.2 Å². The molecule has 26 heavy (non-hydrogen) atoms. The van der Waals surface area contributed by atoms with Crippen molar-refractivity contribution in [3.05, 3.63) is 59.4 Å². The number of fused-ring (bicyclic) bond motifs is 1. The molecule has 3 rings (SSSR count). The van der Waals surface area contributed by atoms with Crippen LogP contribution in [0.25, 0.3) is 10.8 Å². The van der Waals surface area contributed by atoms with Gasteiger partial charge in [-0.2, -0.15) is 5.10 Å². The van der Waals surface area contributed by atoms with Gasteiger partial charge in [-0.25, -0.2) is 0 Å². The lowest BCUT2D eigenvalue weighted by atomic mass is 10.0. The van der Waals surface area contributed by atoms with Crippen LogP contribution in [0, 0.1) is 13.8 Å². The summed E-state index contributed by atoms with van der Waals surface area (Å²) in [6.45, 7) is 3.65. The zero-order chi connectivity index (χ0) is 18.7. The van der Waals surface area contributed by atoms with Crippen LogP contribution in [-0.2, 0) is 23.1 Å². The lowest BCUT2D eigenvalue weighted by Crippen LogP contribution is -2.34. The molecule has 1 aromatic heterocycles. The molecule has 0 aliphatic carbocycles. The zero-order valence-electron chi connectivity index (χ0n) is 15.2. The van der Waals surface area contributed by atoms with Gasteiger partial charge in [-0.1, -0.05) is 42.5 Å². The van der Waals surface area contributed by atoms with Gasteiger partial charge in [0.15, 0.2) is 0 Å². The van der Waals surface area contributed by atoms with Crippen LogP contribution in [0.4, 0.5) is 5.69 Å². The fourth-order valence-electron chi connectivity index (χ4n) is 3.00. The van der Waals surface area contributed by atoms with Gasteiger partial charge in [0.05, 0.1) is 30.0 Å². The Hall–Kier alpha value is -3.15. The minimum atomic E-state index is -0.268. The van der Waals surface area contributed by atoms with Crippen molar-refractivity contribution >= 4 is 28.3 Å². The molecule has 2 amide bonds. The molecule has 0 fully saturated rings. The highest BCUT2D eigenvalue weighted by Gasteiger charge is 2.13. The predicted octanol–water partition coefficient (Wildman–Crippen LogP) is 2.49. The van der Waals surface area contributed by atoms with Crippen LogP contribution in [0.15, 0.2) is 42.5 Å². The largest absolute Gasteiger partial charge is 0.347 e. The molecule has 2 aromatic carbocycles. The van der Waals surface area contributed by atoms with Crippen molar-refractivity contribution in [2.45, 2.75) is 20.3 Å². The number of amides is 2. The number of carbonyl (C=O) groups is 2. The first-order valence-electron chi connectivity index (χ1n) is 8.49. The minimum Gasteiger partial charge on any atom is -0.347 e. The van der Waals surface area contributed by atoms with Crippen molar-refractivity contribution < 1.29 is 9.59 Å². The molecule has 0 saturated carbocycles. The quantitative estimate of drug-likeness (QED) is 0.742. The molecule has 0 aliphatic rings. The van der Waals surface area contributed by atoms with Crippen LogP contribution >= 0.6 is 0 Å². The number of rotatable bonds is 5. The van der Waals surface area contributed by atoms with Crippen LogP contribution in [0.5, 0.6) is 0 Å². The summed E-state index contributed by atoms with van der Waals surface area (Å²) >= 11 is 0. The number of aromatic nitrogens is 2. The van der Waals surface area contributed by atoms with Gasteiger partial charge >= 0.3 is 0 Å². The van der Waals surface area contributed by atoms with Gasteiger partial charge in [-0.3, -0.25) is 14.3 Å². The van der Waals surface area contributed by atoms with Gasteiger partial charge in [0.25, 0.3) is 0 Å². The Morgan fingerprint density at radius 3 is 2.50 bits per heavy atom. The summed E-state index contributed by atoms with van der Waals surface area (Å²) in [4.78, 5) is 24.4. The molecule has 6 nitrogen and oxygen atoms in total. The van der Waals surface area contributed by atoms with Crippen LogP contribution in [-0.4, -0.2) is 28.1 Å². The number of aryl methyl sites for hydroxylation is 2. The van der Waals surface area contributed by atoms with Crippen LogP contribution in [0.1, 0.15) is 17.0 Å². The van der Waals surface area contributed by atoms with Gasteiger partial charge in [0.1, 0.15) is 0 Å². The Morgan fingerprint density at radius 2 is 1.77 bits per heavy atom. The topological polar surface area (TPSA) is 76.0 Å². The lowest BCUT2D eigenvalue weighted by Gasteiger charge is -2.09. The molecular weight excluding hydrogens is 328 g/mol. The number of hydrogen-bond donors (Lipinski definition) is 2. The smallest absolute Gasteiger partial charge is 0.243 e. The maximum Gasteiger partial charge on any atom is 0.243 e. The molecule has 6 heteroatoms. The number of nitrogens with one attached hydrogen (secondary N) is 2. The summed E-state index contributed by atoms with van der Waals surface area (Å²) in [5.74, 6) is -0.452. The SMILES string of the molecule is Cc1nn(C)c(C)c1NC(=O)CNC(=O)Cc1cccc2ccccc12. The number of nitrogens with zero attached hydrogens (tertiary/aromatic N) is 2. The van der Waals surface area contributed by atoms with Gasteiger partial charge < -0.3 is 10.6 Å². The predicted molar refractivity (Wildman–Crippen MR) is 102 cm³/mol. The van der Waals surface area contributed by atoms with Crippen LogP contribution < -0.4 is 10.6 Å². The molecule has 0 unspecified atom stereocenters.